The lowest BCUT2D eigenvalue weighted by molar-refractivity contribution is -0.133. The quantitative estimate of drug-likeness (QED) is 0.746. The molecule has 1 aliphatic heterocycles. The molecule has 1 aliphatic rings. The Bertz CT molecular complexity index is 803. The molecule has 1 saturated heterocycles. The molecule has 3 heterocycles. The summed E-state index contributed by atoms with van der Waals surface area (Å²) in [6.45, 7) is 10.5. The molecule has 0 saturated carbocycles. The van der Waals surface area contributed by atoms with E-state index in [1.165, 1.54) is 16.2 Å². The van der Waals surface area contributed by atoms with Gasteiger partial charge in [0.05, 0.1) is 22.1 Å². The first-order chi connectivity index (χ1) is 13.2. The molecule has 0 aromatic carbocycles. The SMILES string of the molecule is CN(CC(=O)N1CCN(Cc2csc(C(C)(C)C)n2)CC1)C(=O)c1cccs1. The summed E-state index contributed by atoms with van der Waals surface area (Å²) in [6, 6.07) is 3.63. The zero-order chi connectivity index (χ0) is 20.3. The number of thiophene rings is 1. The van der Waals surface area contributed by atoms with E-state index in [0.29, 0.717) is 18.0 Å². The number of nitrogens with zero attached hydrogens (tertiary/aromatic N) is 4. The summed E-state index contributed by atoms with van der Waals surface area (Å²) in [5.74, 6) is -0.0871. The minimum absolute atomic E-state index is 0.00994. The first-order valence-electron chi connectivity index (χ1n) is 9.48. The van der Waals surface area contributed by atoms with Crippen LogP contribution in [0.2, 0.25) is 0 Å². The molecule has 2 amide bonds. The molecule has 8 heteroatoms. The van der Waals surface area contributed by atoms with Crippen molar-refractivity contribution >= 4 is 34.5 Å². The number of piperazine rings is 1. The maximum atomic E-state index is 12.6. The molecule has 28 heavy (non-hydrogen) atoms. The van der Waals surface area contributed by atoms with E-state index < -0.39 is 0 Å². The normalized spacial score (nSPS) is 15.6. The van der Waals surface area contributed by atoms with E-state index in [1.54, 1.807) is 24.5 Å². The molecule has 6 nitrogen and oxygen atoms in total. The van der Waals surface area contributed by atoms with E-state index in [1.807, 2.05) is 16.3 Å². The van der Waals surface area contributed by atoms with Gasteiger partial charge in [-0.1, -0.05) is 26.8 Å². The molecule has 2 aromatic rings. The highest BCUT2D eigenvalue weighted by Crippen LogP contribution is 2.26. The van der Waals surface area contributed by atoms with Crippen molar-refractivity contribution in [2.45, 2.75) is 32.7 Å². The third kappa shape index (κ3) is 5.18. The zero-order valence-corrected chi connectivity index (χ0v) is 18.6. The van der Waals surface area contributed by atoms with Crippen LogP contribution in [0, 0.1) is 0 Å². The molecule has 0 radical (unpaired) electrons. The number of hydrogen-bond donors (Lipinski definition) is 0. The Morgan fingerprint density at radius 2 is 1.89 bits per heavy atom. The van der Waals surface area contributed by atoms with Gasteiger partial charge in [-0.25, -0.2) is 4.98 Å². The summed E-state index contributed by atoms with van der Waals surface area (Å²) in [5.41, 5.74) is 1.19. The molecular formula is C20H28N4O2S2. The largest absolute Gasteiger partial charge is 0.339 e. The van der Waals surface area contributed by atoms with Crippen LogP contribution in [0.3, 0.4) is 0 Å². The van der Waals surface area contributed by atoms with E-state index in [9.17, 15) is 9.59 Å². The molecule has 152 valence electrons. The molecule has 0 aliphatic carbocycles. The Labute approximate surface area is 174 Å². The summed E-state index contributed by atoms with van der Waals surface area (Å²) in [6.07, 6.45) is 0. The first-order valence-corrected chi connectivity index (χ1v) is 11.2. The molecule has 0 spiro atoms. The van der Waals surface area contributed by atoms with Crippen LogP contribution in [0.25, 0.3) is 0 Å². The van der Waals surface area contributed by atoms with Gasteiger partial charge in [0.1, 0.15) is 0 Å². The molecule has 0 unspecified atom stereocenters. The molecule has 3 rings (SSSR count). The smallest absolute Gasteiger partial charge is 0.264 e. The lowest BCUT2D eigenvalue weighted by Crippen LogP contribution is -2.51. The number of carbonyl (C=O) groups excluding carboxylic acids is 2. The van der Waals surface area contributed by atoms with E-state index >= 15 is 0 Å². The van der Waals surface area contributed by atoms with Crippen molar-refractivity contribution in [3.05, 3.63) is 38.5 Å². The zero-order valence-electron chi connectivity index (χ0n) is 17.0. The second-order valence-corrected chi connectivity index (χ2v) is 10.00. The molecule has 0 atom stereocenters. The number of aromatic nitrogens is 1. The lowest BCUT2D eigenvalue weighted by atomic mass is 9.98. The first kappa shape index (κ1) is 21.0. The molecule has 2 aromatic heterocycles. The van der Waals surface area contributed by atoms with Gasteiger partial charge in [-0.05, 0) is 11.4 Å². The number of hydrogen-bond acceptors (Lipinski definition) is 6. The average Bonchev–Trinajstić information content (AvgIpc) is 3.33. The van der Waals surface area contributed by atoms with Crippen molar-refractivity contribution in [2.24, 2.45) is 0 Å². The highest BCUT2D eigenvalue weighted by Gasteiger charge is 2.25. The van der Waals surface area contributed by atoms with Gasteiger partial charge in [0.25, 0.3) is 5.91 Å². The van der Waals surface area contributed by atoms with Gasteiger partial charge in [-0.2, -0.15) is 0 Å². The van der Waals surface area contributed by atoms with Crippen LogP contribution in [-0.2, 0) is 16.8 Å². The summed E-state index contributed by atoms with van der Waals surface area (Å²) in [5, 5.41) is 5.17. The lowest BCUT2D eigenvalue weighted by Gasteiger charge is -2.35. The van der Waals surface area contributed by atoms with Gasteiger partial charge in [0.15, 0.2) is 0 Å². The Kier molecular flexibility index (Phi) is 6.52. The fourth-order valence-corrected chi connectivity index (χ4v) is 4.69. The van der Waals surface area contributed by atoms with Gasteiger partial charge >= 0.3 is 0 Å². The molecule has 0 bridgehead atoms. The van der Waals surface area contributed by atoms with Crippen molar-refractivity contribution in [1.82, 2.24) is 19.7 Å². The molecular weight excluding hydrogens is 392 g/mol. The predicted molar refractivity (Wildman–Crippen MR) is 114 cm³/mol. The summed E-state index contributed by atoms with van der Waals surface area (Å²) in [4.78, 5) is 36.0. The van der Waals surface area contributed by atoms with Gasteiger partial charge in [-0.15, -0.1) is 22.7 Å². The van der Waals surface area contributed by atoms with Gasteiger partial charge in [-0.3, -0.25) is 14.5 Å². The van der Waals surface area contributed by atoms with E-state index in [-0.39, 0.29) is 23.8 Å². The minimum Gasteiger partial charge on any atom is -0.339 e. The third-order valence-electron chi connectivity index (χ3n) is 4.76. The third-order valence-corrected chi connectivity index (χ3v) is 6.93. The second-order valence-electron chi connectivity index (χ2n) is 8.19. The van der Waals surface area contributed by atoms with Crippen molar-refractivity contribution in [1.29, 1.82) is 0 Å². The molecule has 0 N–H and O–H groups in total. The summed E-state index contributed by atoms with van der Waals surface area (Å²) >= 11 is 3.12. The van der Waals surface area contributed by atoms with Crippen molar-refractivity contribution in [3.63, 3.8) is 0 Å². The number of amides is 2. The second kappa shape index (κ2) is 8.71. The van der Waals surface area contributed by atoms with Crippen LogP contribution in [0.15, 0.2) is 22.9 Å². The number of thiazole rings is 1. The van der Waals surface area contributed by atoms with Gasteiger partial charge in [0.2, 0.25) is 5.91 Å². The maximum absolute atomic E-state index is 12.6. The van der Waals surface area contributed by atoms with E-state index in [2.05, 4.69) is 31.1 Å². The summed E-state index contributed by atoms with van der Waals surface area (Å²) in [7, 11) is 1.69. The Balaban J connectivity index is 1.46. The maximum Gasteiger partial charge on any atom is 0.264 e. The van der Waals surface area contributed by atoms with E-state index in [4.69, 9.17) is 4.98 Å². The Morgan fingerprint density at radius 1 is 1.18 bits per heavy atom. The monoisotopic (exact) mass is 420 g/mol. The van der Waals surface area contributed by atoms with Gasteiger partial charge < -0.3 is 9.80 Å². The van der Waals surface area contributed by atoms with E-state index in [0.717, 1.165) is 30.3 Å². The Morgan fingerprint density at radius 3 is 2.46 bits per heavy atom. The fraction of sp³-hybridized carbons (Fsp3) is 0.550. The van der Waals surface area contributed by atoms with Crippen LogP contribution in [-0.4, -0.2) is 71.3 Å². The van der Waals surface area contributed by atoms with Crippen molar-refractivity contribution < 1.29 is 9.59 Å². The average molecular weight is 421 g/mol. The number of carbonyl (C=O) groups is 2. The van der Waals surface area contributed by atoms with Gasteiger partial charge in [0, 0.05) is 50.6 Å². The number of rotatable bonds is 5. The molecule has 1 fully saturated rings. The Hall–Kier alpha value is -1.77. The van der Waals surface area contributed by atoms with Crippen LogP contribution < -0.4 is 0 Å². The highest BCUT2D eigenvalue weighted by atomic mass is 32.1. The number of likely N-dealkylation sites (N-methyl/N-ethyl adjacent to an activating group) is 1. The standard InChI is InChI=1S/C20H28N4O2S2/c1-20(2,3)19-21-15(14-28-19)12-23-7-9-24(10-8-23)17(25)13-22(4)18(26)16-6-5-11-27-16/h5-6,11,14H,7-10,12-13H2,1-4H3. The summed E-state index contributed by atoms with van der Waals surface area (Å²) < 4.78 is 0. The van der Waals surface area contributed by atoms with Crippen LogP contribution in [0.5, 0.6) is 0 Å². The van der Waals surface area contributed by atoms with Crippen LogP contribution in [0.4, 0.5) is 0 Å². The fourth-order valence-electron chi connectivity index (χ4n) is 3.07. The topological polar surface area (TPSA) is 56.8 Å². The van der Waals surface area contributed by atoms with Crippen LogP contribution >= 0.6 is 22.7 Å². The predicted octanol–water partition coefficient (Wildman–Crippen LogP) is 2.92. The highest BCUT2D eigenvalue weighted by molar-refractivity contribution is 7.12. The minimum atomic E-state index is -0.0971. The van der Waals surface area contributed by atoms with Crippen LogP contribution in [0.1, 0.15) is 41.1 Å². The van der Waals surface area contributed by atoms with Crippen molar-refractivity contribution in [3.8, 4) is 0 Å². The van der Waals surface area contributed by atoms with Crippen molar-refractivity contribution in [2.75, 3.05) is 39.8 Å².